The fraction of sp³-hybridized carbons (Fsp3) is 1.00. The molecular weight excluding hydrogens is 148 g/mol. The first kappa shape index (κ1) is 8.52. The monoisotopic (exact) mass is 168 g/mol. The van der Waals surface area contributed by atoms with Crippen molar-refractivity contribution in [3.63, 3.8) is 0 Å². The number of nitrogens with zero attached hydrogens (tertiary/aromatic N) is 1. The molecule has 0 aromatic carbocycles. The third-order valence-electron chi connectivity index (χ3n) is 3.13. The second-order valence-corrected chi connectivity index (χ2v) is 4.22. The number of nitrogens with one attached hydrogen (secondary N) is 1. The number of rotatable bonds is 2. The molecule has 1 unspecified atom stereocenters. The molecule has 0 aromatic rings. The van der Waals surface area contributed by atoms with Gasteiger partial charge in [0.1, 0.15) is 0 Å². The highest BCUT2D eigenvalue weighted by Crippen LogP contribution is 2.14. The molecule has 2 fully saturated rings. The molecule has 2 aliphatic heterocycles. The topological polar surface area (TPSA) is 15.3 Å². The number of piperidine rings is 1. The Hall–Kier alpha value is -0.0800. The first-order valence-electron chi connectivity index (χ1n) is 5.38. The molecule has 2 heteroatoms. The zero-order valence-corrected chi connectivity index (χ0v) is 7.89. The Kier molecular flexibility index (Phi) is 3.01. The maximum absolute atomic E-state index is 3.44. The highest BCUT2D eigenvalue weighted by Gasteiger charge is 2.18. The lowest BCUT2D eigenvalue weighted by atomic mass is 10.1. The maximum atomic E-state index is 3.44. The summed E-state index contributed by atoms with van der Waals surface area (Å²) in [5.74, 6) is 0.947. The van der Waals surface area contributed by atoms with E-state index in [-0.39, 0.29) is 0 Å². The minimum Gasteiger partial charge on any atom is -0.316 e. The molecule has 1 atom stereocenters. The van der Waals surface area contributed by atoms with Gasteiger partial charge in [-0.05, 0) is 51.4 Å². The van der Waals surface area contributed by atoms with Crippen LogP contribution in [0.2, 0.25) is 0 Å². The van der Waals surface area contributed by atoms with Gasteiger partial charge in [0.15, 0.2) is 0 Å². The summed E-state index contributed by atoms with van der Waals surface area (Å²) in [4.78, 5) is 2.65. The van der Waals surface area contributed by atoms with E-state index in [0.29, 0.717) is 0 Å². The van der Waals surface area contributed by atoms with Crippen LogP contribution in [0.3, 0.4) is 0 Å². The van der Waals surface area contributed by atoms with E-state index in [9.17, 15) is 0 Å². The fourth-order valence-corrected chi connectivity index (χ4v) is 2.38. The van der Waals surface area contributed by atoms with E-state index < -0.39 is 0 Å². The van der Waals surface area contributed by atoms with Crippen molar-refractivity contribution >= 4 is 0 Å². The van der Waals surface area contributed by atoms with Crippen LogP contribution in [0.15, 0.2) is 0 Å². The summed E-state index contributed by atoms with van der Waals surface area (Å²) in [6, 6.07) is 0. The van der Waals surface area contributed by atoms with E-state index in [1.165, 1.54) is 58.4 Å². The van der Waals surface area contributed by atoms with E-state index in [0.717, 1.165) is 5.92 Å². The van der Waals surface area contributed by atoms with Gasteiger partial charge < -0.3 is 10.2 Å². The van der Waals surface area contributed by atoms with E-state index in [4.69, 9.17) is 0 Å². The Morgan fingerprint density at radius 1 is 1.17 bits per heavy atom. The molecule has 2 aliphatic rings. The minimum atomic E-state index is 0.947. The molecule has 12 heavy (non-hydrogen) atoms. The molecule has 2 nitrogen and oxygen atoms in total. The SMILES string of the molecule is C1CCN(CC2CCNC2)CC1. The lowest BCUT2D eigenvalue weighted by molar-refractivity contribution is 0.200. The largest absolute Gasteiger partial charge is 0.316 e. The van der Waals surface area contributed by atoms with Crippen molar-refractivity contribution in [1.82, 2.24) is 10.2 Å². The predicted molar refractivity (Wildman–Crippen MR) is 51.3 cm³/mol. The summed E-state index contributed by atoms with van der Waals surface area (Å²) < 4.78 is 0. The average molecular weight is 168 g/mol. The van der Waals surface area contributed by atoms with Crippen molar-refractivity contribution in [3.8, 4) is 0 Å². The molecule has 0 amide bonds. The quantitative estimate of drug-likeness (QED) is 0.664. The average Bonchev–Trinajstić information content (AvgIpc) is 2.59. The minimum absolute atomic E-state index is 0.947. The van der Waals surface area contributed by atoms with E-state index in [2.05, 4.69) is 10.2 Å². The van der Waals surface area contributed by atoms with Gasteiger partial charge in [-0.15, -0.1) is 0 Å². The van der Waals surface area contributed by atoms with Crippen LogP contribution in [0.5, 0.6) is 0 Å². The van der Waals surface area contributed by atoms with Gasteiger partial charge in [-0.2, -0.15) is 0 Å². The fourth-order valence-electron chi connectivity index (χ4n) is 2.38. The number of likely N-dealkylation sites (tertiary alicyclic amines) is 1. The normalized spacial score (nSPS) is 32.5. The van der Waals surface area contributed by atoms with Crippen molar-refractivity contribution in [2.75, 3.05) is 32.7 Å². The molecule has 0 spiro atoms. The van der Waals surface area contributed by atoms with Crippen LogP contribution >= 0.6 is 0 Å². The van der Waals surface area contributed by atoms with Crippen molar-refractivity contribution in [1.29, 1.82) is 0 Å². The summed E-state index contributed by atoms with van der Waals surface area (Å²) >= 11 is 0. The highest BCUT2D eigenvalue weighted by atomic mass is 15.1. The van der Waals surface area contributed by atoms with Crippen LogP contribution in [0.4, 0.5) is 0 Å². The Morgan fingerprint density at radius 3 is 2.67 bits per heavy atom. The van der Waals surface area contributed by atoms with Crippen LogP contribution in [0, 0.1) is 5.92 Å². The highest BCUT2D eigenvalue weighted by molar-refractivity contribution is 4.76. The Morgan fingerprint density at radius 2 is 2.00 bits per heavy atom. The zero-order chi connectivity index (χ0) is 8.23. The first-order valence-corrected chi connectivity index (χ1v) is 5.38. The second-order valence-electron chi connectivity index (χ2n) is 4.22. The third-order valence-corrected chi connectivity index (χ3v) is 3.13. The Bertz CT molecular complexity index is 124. The molecular formula is C10H20N2. The zero-order valence-electron chi connectivity index (χ0n) is 7.89. The van der Waals surface area contributed by atoms with E-state index in [1.807, 2.05) is 0 Å². The van der Waals surface area contributed by atoms with Crippen LogP contribution in [-0.4, -0.2) is 37.6 Å². The molecule has 2 heterocycles. The summed E-state index contributed by atoms with van der Waals surface area (Å²) in [7, 11) is 0. The molecule has 70 valence electrons. The lowest BCUT2D eigenvalue weighted by Gasteiger charge is -2.28. The molecule has 0 bridgehead atoms. The van der Waals surface area contributed by atoms with Crippen LogP contribution < -0.4 is 5.32 Å². The molecule has 2 saturated heterocycles. The van der Waals surface area contributed by atoms with Crippen molar-refractivity contribution in [2.45, 2.75) is 25.7 Å². The summed E-state index contributed by atoms with van der Waals surface area (Å²) in [5, 5.41) is 3.44. The van der Waals surface area contributed by atoms with E-state index >= 15 is 0 Å². The van der Waals surface area contributed by atoms with Crippen LogP contribution in [0.1, 0.15) is 25.7 Å². The smallest absolute Gasteiger partial charge is 0.00223 e. The van der Waals surface area contributed by atoms with Crippen molar-refractivity contribution in [3.05, 3.63) is 0 Å². The summed E-state index contributed by atoms with van der Waals surface area (Å²) in [6.07, 6.45) is 5.72. The molecule has 0 aromatic heterocycles. The Balaban J connectivity index is 1.69. The van der Waals surface area contributed by atoms with Gasteiger partial charge in [-0.3, -0.25) is 0 Å². The van der Waals surface area contributed by atoms with Gasteiger partial charge in [0.25, 0.3) is 0 Å². The van der Waals surface area contributed by atoms with Gasteiger partial charge in [0, 0.05) is 6.54 Å². The molecule has 1 N–H and O–H groups in total. The first-order chi connectivity index (χ1) is 5.95. The maximum Gasteiger partial charge on any atom is 0.00223 e. The number of hydrogen-bond acceptors (Lipinski definition) is 2. The molecule has 0 saturated carbocycles. The van der Waals surface area contributed by atoms with Crippen molar-refractivity contribution < 1.29 is 0 Å². The van der Waals surface area contributed by atoms with Crippen molar-refractivity contribution in [2.24, 2.45) is 5.92 Å². The van der Waals surface area contributed by atoms with Crippen LogP contribution in [0.25, 0.3) is 0 Å². The Labute approximate surface area is 75.3 Å². The van der Waals surface area contributed by atoms with Crippen LogP contribution in [-0.2, 0) is 0 Å². The second kappa shape index (κ2) is 4.24. The van der Waals surface area contributed by atoms with Gasteiger partial charge in [-0.25, -0.2) is 0 Å². The molecule has 0 aliphatic carbocycles. The third kappa shape index (κ3) is 2.20. The van der Waals surface area contributed by atoms with Gasteiger partial charge >= 0.3 is 0 Å². The molecule has 0 radical (unpaired) electrons. The summed E-state index contributed by atoms with van der Waals surface area (Å²) in [6.45, 7) is 6.58. The lowest BCUT2D eigenvalue weighted by Crippen LogP contribution is -2.34. The predicted octanol–water partition coefficient (Wildman–Crippen LogP) is 1.08. The number of hydrogen-bond donors (Lipinski definition) is 1. The standard InChI is InChI=1S/C10H20N2/c1-2-6-12(7-3-1)9-10-4-5-11-8-10/h10-11H,1-9H2. The van der Waals surface area contributed by atoms with Gasteiger partial charge in [0.2, 0.25) is 0 Å². The summed E-state index contributed by atoms with van der Waals surface area (Å²) in [5.41, 5.74) is 0. The van der Waals surface area contributed by atoms with Gasteiger partial charge in [-0.1, -0.05) is 6.42 Å². The molecule has 2 rings (SSSR count). The van der Waals surface area contributed by atoms with Gasteiger partial charge in [0.05, 0.1) is 0 Å². The van der Waals surface area contributed by atoms with E-state index in [1.54, 1.807) is 0 Å².